The normalized spacial score (nSPS) is 11.6. The molecule has 0 saturated carbocycles. The molecule has 7 heteroatoms. The van der Waals surface area contributed by atoms with E-state index in [1.54, 1.807) is 0 Å². The molecule has 1 N–H and O–H groups in total. The zero-order chi connectivity index (χ0) is 16.7. The van der Waals surface area contributed by atoms with Crippen LogP contribution in [0, 0.1) is 0 Å². The second-order valence-electron chi connectivity index (χ2n) is 4.75. The first-order valence-electron chi connectivity index (χ1n) is 6.86. The number of carbonyl (C=O) groups excluding carboxylic acids is 2. The van der Waals surface area contributed by atoms with Gasteiger partial charge in [-0.25, -0.2) is 9.59 Å². The Balaban J connectivity index is 1.91. The first kappa shape index (κ1) is 17.5. The first-order chi connectivity index (χ1) is 11.1. The average molecular weight is 398 g/mol. The topological polar surface area (TPSA) is 64.6 Å². The number of thiophene rings is 1. The van der Waals surface area contributed by atoms with Crippen LogP contribution < -0.4 is 5.32 Å². The molecule has 2 rings (SSSR count). The van der Waals surface area contributed by atoms with Gasteiger partial charge >= 0.3 is 12.1 Å². The molecule has 0 unspecified atom stereocenters. The van der Waals surface area contributed by atoms with Gasteiger partial charge in [-0.1, -0.05) is 30.3 Å². The van der Waals surface area contributed by atoms with E-state index in [1.807, 2.05) is 41.8 Å². The molecular formula is C16H16BrNO4S. The van der Waals surface area contributed by atoms with Crippen LogP contribution in [-0.2, 0) is 27.3 Å². The average Bonchev–Trinajstić information content (AvgIpc) is 2.97. The van der Waals surface area contributed by atoms with Gasteiger partial charge in [0.05, 0.1) is 10.9 Å². The molecule has 0 aliphatic carbocycles. The number of nitrogens with one attached hydrogen (secondary N) is 1. The Morgan fingerprint density at radius 3 is 2.61 bits per heavy atom. The highest BCUT2D eigenvalue weighted by Gasteiger charge is 2.23. The molecule has 122 valence electrons. The molecule has 1 aromatic carbocycles. The minimum Gasteiger partial charge on any atom is -0.467 e. The van der Waals surface area contributed by atoms with Crippen molar-refractivity contribution in [2.24, 2.45) is 0 Å². The summed E-state index contributed by atoms with van der Waals surface area (Å²) in [4.78, 5) is 23.7. The van der Waals surface area contributed by atoms with E-state index in [4.69, 9.17) is 9.47 Å². The van der Waals surface area contributed by atoms with E-state index in [2.05, 4.69) is 21.2 Å². The van der Waals surface area contributed by atoms with Crippen molar-refractivity contribution in [3.05, 3.63) is 56.7 Å². The van der Waals surface area contributed by atoms with Crippen molar-refractivity contribution in [2.45, 2.75) is 19.1 Å². The van der Waals surface area contributed by atoms with E-state index < -0.39 is 18.1 Å². The highest BCUT2D eigenvalue weighted by Crippen LogP contribution is 2.21. The van der Waals surface area contributed by atoms with Crippen molar-refractivity contribution in [3.63, 3.8) is 0 Å². The van der Waals surface area contributed by atoms with Gasteiger partial charge in [0, 0.05) is 6.42 Å². The number of carbonyl (C=O) groups is 2. The predicted octanol–water partition coefficient (Wildman–Crippen LogP) is 3.52. The second kappa shape index (κ2) is 8.69. The number of hydrogen-bond donors (Lipinski definition) is 1. The van der Waals surface area contributed by atoms with Gasteiger partial charge in [0.15, 0.2) is 0 Å². The van der Waals surface area contributed by atoms with Crippen LogP contribution in [0.5, 0.6) is 0 Å². The Labute approximate surface area is 146 Å². The van der Waals surface area contributed by atoms with Crippen LogP contribution >= 0.6 is 27.3 Å². The molecule has 23 heavy (non-hydrogen) atoms. The predicted molar refractivity (Wildman–Crippen MR) is 91.3 cm³/mol. The summed E-state index contributed by atoms with van der Waals surface area (Å²) in [5, 5.41) is 4.46. The fourth-order valence-corrected chi connectivity index (χ4v) is 3.15. The Bertz CT molecular complexity index is 659. The largest absolute Gasteiger partial charge is 0.467 e. The maximum atomic E-state index is 11.9. The van der Waals surface area contributed by atoms with E-state index >= 15 is 0 Å². The molecule has 1 heterocycles. The first-order valence-corrected chi connectivity index (χ1v) is 8.53. The van der Waals surface area contributed by atoms with Crippen molar-refractivity contribution in [1.82, 2.24) is 5.32 Å². The molecule has 0 aliphatic rings. The fraction of sp³-hybridized carbons (Fsp3) is 0.250. The summed E-state index contributed by atoms with van der Waals surface area (Å²) in [5.41, 5.74) is 1.81. The van der Waals surface area contributed by atoms with Crippen molar-refractivity contribution in [1.29, 1.82) is 0 Å². The van der Waals surface area contributed by atoms with Crippen molar-refractivity contribution < 1.29 is 19.1 Å². The number of methoxy groups -OCH3 is 1. The van der Waals surface area contributed by atoms with E-state index in [0.717, 1.165) is 14.9 Å². The van der Waals surface area contributed by atoms with Crippen LogP contribution in [-0.4, -0.2) is 25.2 Å². The standard InChI is InChI=1S/C16H16BrNO4S/c1-21-15(19)13(7-12-8-14(17)23-10-12)18-16(20)22-9-11-5-3-2-4-6-11/h2-6,8,10,13H,7,9H2,1H3,(H,18,20)/t13-/m0/s1. The minimum absolute atomic E-state index is 0.143. The third kappa shape index (κ3) is 5.69. The van der Waals surface area contributed by atoms with Crippen LogP contribution in [0.15, 0.2) is 45.6 Å². The number of rotatable bonds is 6. The van der Waals surface area contributed by atoms with Gasteiger partial charge in [-0.2, -0.15) is 0 Å². The molecule has 0 bridgehead atoms. The Kier molecular flexibility index (Phi) is 6.61. The Morgan fingerprint density at radius 2 is 2.00 bits per heavy atom. The molecule has 0 radical (unpaired) electrons. The zero-order valence-electron chi connectivity index (χ0n) is 12.5. The molecule has 5 nitrogen and oxygen atoms in total. The maximum Gasteiger partial charge on any atom is 0.408 e. The number of ether oxygens (including phenoxy) is 2. The van der Waals surface area contributed by atoms with Crippen LogP contribution in [0.2, 0.25) is 0 Å². The molecule has 1 atom stereocenters. The van der Waals surface area contributed by atoms with E-state index in [-0.39, 0.29) is 6.61 Å². The number of halogens is 1. The SMILES string of the molecule is COC(=O)[C@H](Cc1csc(Br)c1)NC(=O)OCc1ccccc1. The van der Waals surface area contributed by atoms with E-state index in [9.17, 15) is 9.59 Å². The quantitative estimate of drug-likeness (QED) is 0.757. The lowest BCUT2D eigenvalue weighted by atomic mass is 10.1. The van der Waals surface area contributed by atoms with Crippen molar-refractivity contribution >= 4 is 39.3 Å². The van der Waals surface area contributed by atoms with Crippen molar-refractivity contribution in [2.75, 3.05) is 7.11 Å². The Hall–Kier alpha value is -1.86. The number of benzene rings is 1. The van der Waals surface area contributed by atoms with Crippen LogP contribution in [0.4, 0.5) is 4.79 Å². The lowest BCUT2D eigenvalue weighted by Crippen LogP contribution is -2.43. The third-order valence-electron chi connectivity index (χ3n) is 3.05. The summed E-state index contributed by atoms with van der Waals surface area (Å²) >= 11 is 4.88. The summed E-state index contributed by atoms with van der Waals surface area (Å²) in [5.74, 6) is -0.510. The van der Waals surface area contributed by atoms with Crippen LogP contribution in [0.1, 0.15) is 11.1 Å². The van der Waals surface area contributed by atoms with Gasteiger partial charge in [-0.05, 0) is 38.5 Å². The minimum atomic E-state index is -0.787. The maximum absolute atomic E-state index is 11.9. The fourth-order valence-electron chi connectivity index (χ4n) is 1.93. The number of alkyl carbamates (subject to hydrolysis) is 1. The lowest BCUT2D eigenvalue weighted by Gasteiger charge is -2.16. The van der Waals surface area contributed by atoms with Gasteiger partial charge in [0.2, 0.25) is 0 Å². The number of esters is 1. The molecular weight excluding hydrogens is 382 g/mol. The highest BCUT2D eigenvalue weighted by atomic mass is 79.9. The molecule has 0 aliphatic heterocycles. The summed E-state index contributed by atoms with van der Waals surface area (Å²) in [6, 6.07) is 10.4. The van der Waals surface area contributed by atoms with Crippen LogP contribution in [0.25, 0.3) is 0 Å². The number of amides is 1. The molecule has 1 aromatic heterocycles. The lowest BCUT2D eigenvalue weighted by molar-refractivity contribution is -0.143. The van der Waals surface area contributed by atoms with Gasteiger partial charge in [-0.3, -0.25) is 0 Å². The van der Waals surface area contributed by atoms with Crippen LogP contribution in [0.3, 0.4) is 0 Å². The van der Waals surface area contributed by atoms with Gasteiger partial charge in [0.25, 0.3) is 0 Å². The summed E-state index contributed by atoms with van der Waals surface area (Å²) < 4.78 is 10.8. The van der Waals surface area contributed by atoms with E-state index in [0.29, 0.717) is 6.42 Å². The number of hydrogen-bond acceptors (Lipinski definition) is 5. The van der Waals surface area contributed by atoms with E-state index in [1.165, 1.54) is 18.4 Å². The van der Waals surface area contributed by atoms with Gasteiger partial charge in [-0.15, -0.1) is 11.3 Å². The molecule has 2 aromatic rings. The Morgan fingerprint density at radius 1 is 1.26 bits per heavy atom. The summed E-state index contributed by atoms with van der Waals surface area (Å²) in [6.45, 7) is 0.143. The second-order valence-corrected chi connectivity index (χ2v) is 7.04. The molecule has 1 amide bonds. The van der Waals surface area contributed by atoms with Gasteiger partial charge < -0.3 is 14.8 Å². The van der Waals surface area contributed by atoms with Gasteiger partial charge in [0.1, 0.15) is 12.6 Å². The smallest absolute Gasteiger partial charge is 0.408 e. The van der Waals surface area contributed by atoms with Crippen molar-refractivity contribution in [3.8, 4) is 0 Å². The molecule has 0 saturated heterocycles. The molecule has 0 fully saturated rings. The zero-order valence-corrected chi connectivity index (χ0v) is 14.9. The third-order valence-corrected chi connectivity index (χ3v) is 4.61. The monoisotopic (exact) mass is 397 g/mol. The molecule has 0 spiro atoms. The summed E-state index contributed by atoms with van der Waals surface area (Å²) in [7, 11) is 1.29. The summed E-state index contributed by atoms with van der Waals surface area (Å²) in [6.07, 6.45) is -0.312. The highest BCUT2D eigenvalue weighted by molar-refractivity contribution is 9.11.